The Balaban J connectivity index is 1.65. The van der Waals surface area contributed by atoms with Gasteiger partial charge in [0.2, 0.25) is 10.0 Å². The summed E-state index contributed by atoms with van der Waals surface area (Å²) in [6, 6.07) is 9.45. The normalized spacial score (nSPS) is 18.4. The number of rotatable bonds is 11. The lowest BCUT2D eigenvalue weighted by molar-refractivity contribution is -0.148. The van der Waals surface area contributed by atoms with Gasteiger partial charge in [-0.3, -0.25) is 9.52 Å². The topological polar surface area (TPSA) is 126 Å². The van der Waals surface area contributed by atoms with E-state index in [1.807, 2.05) is 24.0 Å². The maximum absolute atomic E-state index is 13.5. The summed E-state index contributed by atoms with van der Waals surface area (Å²) in [5.41, 5.74) is 2.31. The predicted molar refractivity (Wildman–Crippen MR) is 148 cm³/mol. The van der Waals surface area contributed by atoms with Crippen molar-refractivity contribution in [3.05, 3.63) is 40.8 Å². The van der Waals surface area contributed by atoms with Crippen molar-refractivity contribution in [3.8, 4) is 10.4 Å². The van der Waals surface area contributed by atoms with Gasteiger partial charge in [-0.2, -0.15) is 0 Å². The molecule has 2 heterocycles. The number of sulfonamides is 1. The zero-order chi connectivity index (χ0) is 27.3. The average Bonchev–Trinajstić information content (AvgIpc) is 3.64. The van der Waals surface area contributed by atoms with Gasteiger partial charge in [-0.25, -0.2) is 13.2 Å². The molecule has 1 saturated heterocycles. The number of carbonyl (C=O) groups excluding carboxylic acids is 2. The molecule has 10 nitrogen and oxygen atoms in total. The third-order valence-electron chi connectivity index (χ3n) is 6.60. The Bertz CT molecular complexity index is 1240. The fourth-order valence-corrected chi connectivity index (χ4v) is 6.53. The summed E-state index contributed by atoms with van der Waals surface area (Å²) in [7, 11) is -2.16. The summed E-state index contributed by atoms with van der Waals surface area (Å²) in [6.45, 7) is 4.25. The Kier molecular flexibility index (Phi) is 9.29. The Morgan fingerprint density at radius 2 is 2.05 bits per heavy atom. The third-order valence-corrected chi connectivity index (χ3v) is 8.57. The Hall–Kier alpha value is -2.67. The number of amides is 2. The van der Waals surface area contributed by atoms with Gasteiger partial charge in [0.05, 0.1) is 31.7 Å². The monoisotopic (exact) mass is 564 g/mol. The number of nitrogens with zero attached hydrogens (tertiary/aromatic N) is 1. The van der Waals surface area contributed by atoms with E-state index in [2.05, 4.69) is 26.2 Å². The van der Waals surface area contributed by atoms with Gasteiger partial charge in [-0.05, 0) is 50.3 Å². The van der Waals surface area contributed by atoms with E-state index in [0.717, 1.165) is 46.5 Å². The summed E-state index contributed by atoms with van der Waals surface area (Å²) in [5, 5.41) is 5.95. The standard InChI is InChI=1S/C26H36N4O6S2/c1-17(30(19-10-11-19)25(31)22-16-27-13-14-36-22)23-15-18(7-6-12-28-26(32)35-2)24(37-23)20-8-4-5-9-21(20)29-38(3,33)34/h4-5,8-9,15,17,19,22,27,29H,6-7,10-14,16H2,1-3H3,(H,28,32)/t17-,22-/m1/s1. The predicted octanol–water partition coefficient (Wildman–Crippen LogP) is 3.12. The van der Waals surface area contributed by atoms with Crippen LogP contribution in [-0.4, -0.2) is 77.1 Å². The van der Waals surface area contributed by atoms with Crippen molar-refractivity contribution in [3.63, 3.8) is 0 Å². The number of aryl methyl sites for hydroxylation is 1. The molecule has 0 bridgehead atoms. The van der Waals surface area contributed by atoms with Crippen LogP contribution in [0.15, 0.2) is 30.3 Å². The number of morpholine rings is 1. The highest BCUT2D eigenvalue weighted by molar-refractivity contribution is 7.92. The smallest absolute Gasteiger partial charge is 0.406 e. The second-order valence-electron chi connectivity index (χ2n) is 9.66. The van der Waals surface area contributed by atoms with Crippen LogP contribution in [0, 0.1) is 0 Å². The van der Waals surface area contributed by atoms with Gasteiger partial charge in [0, 0.05) is 41.0 Å². The Morgan fingerprint density at radius 1 is 1.29 bits per heavy atom. The van der Waals surface area contributed by atoms with Crippen molar-refractivity contribution in [2.24, 2.45) is 0 Å². The van der Waals surface area contributed by atoms with Gasteiger partial charge in [0.15, 0.2) is 0 Å². The fourth-order valence-electron chi connectivity index (χ4n) is 4.65. The van der Waals surface area contributed by atoms with E-state index in [4.69, 9.17) is 4.74 Å². The van der Waals surface area contributed by atoms with Crippen LogP contribution >= 0.6 is 11.3 Å². The molecule has 1 aromatic carbocycles. The van der Waals surface area contributed by atoms with Crippen LogP contribution < -0.4 is 15.4 Å². The van der Waals surface area contributed by atoms with E-state index < -0.39 is 22.2 Å². The lowest BCUT2D eigenvalue weighted by atomic mass is 10.0. The van der Waals surface area contributed by atoms with Crippen molar-refractivity contribution in [2.75, 3.05) is 44.3 Å². The molecular formula is C26H36N4O6S2. The first-order valence-electron chi connectivity index (χ1n) is 12.8. The second kappa shape index (κ2) is 12.5. The molecule has 2 amide bonds. The average molecular weight is 565 g/mol. The summed E-state index contributed by atoms with van der Waals surface area (Å²) in [6.07, 6.45) is 3.43. The van der Waals surface area contributed by atoms with Crippen LogP contribution in [0.2, 0.25) is 0 Å². The van der Waals surface area contributed by atoms with Crippen LogP contribution in [0.3, 0.4) is 0 Å². The minimum atomic E-state index is -3.48. The molecule has 2 aromatic rings. The number of hydrogen-bond donors (Lipinski definition) is 3. The van der Waals surface area contributed by atoms with Crippen LogP contribution in [0.5, 0.6) is 0 Å². The van der Waals surface area contributed by atoms with Crippen LogP contribution in [0.4, 0.5) is 10.5 Å². The van der Waals surface area contributed by atoms with Crippen molar-refractivity contribution < 1.29 is 27.5 Å². The van der Waals surface area contributed by atoms with Gasteiger partial charge < -0.3 is 25.0 Å². The summed E-state index contributed by atoms with van der Waals surface area (Å²) >= 11 is 1.57. The zero-order valence-electron chi connectivity index (χ0n) is 22.0. The second-order valence-corrected chi connectivity index (χ2v) is 12.5. The van der Waals surface area contributed by atoms with Crippen molar-refractivity contribution >= 4 is 39.0 Å². The number of thiophene rings is 1. The fraction of sp³-hybridized carbons (Fsp3) is 0.538. The molecule has 2 fully saturated rings. The number of benzene rings is 1. The molecule has 2 atom stereocenters. The summed E-state index contributed by atoms with van der Waals surface area (Å²) in [5.74, 6) is 0.00474. The molecule has 38 heavy (non-hydrogen) atoms. The highest BCUT2D eigenvalue weighted by Gasteiger charge is 2.40. The van der Waals surface area contributed by atoms with Gasteiger partial charge in [0.1, 0.15) is 6.10 Å². The minimum Gasteiger partial charge on any atom is -0.453 e. The number of methoxy groups -OCH3 is 1. The third kappa shape index (κ3) is 7.25. The molecule has 12 heteroatoms. The van der Waals surface area contributed by atoms with Gasteiger partial charge >= 0.3 is 6.09 Å². The Labute approximate surface area is 228 Å². The highest BCUT2D eigenvalue weighted by atomic mass is 32.2. The molecule has 1 aliphatic carbocycles. The number of anilines is 1. The number of para-hydroxylation sites is 1. The lowest BCUT2D eigenvalue weighted by Gasteiger charge is -2.33. The van der Waals surface area contributed by atoms with Gasteiger partial charge in [-0.15, -0.1) is 11.3 Å². The number of alkyl carbamates (subject to hydrolysis) is 1. The summed E-state index contributed by atoms with van der Waals surface area (Å²) in [4.78, 5) is 28.9. The molecule has 1 aromatic heterocycles. The van der Waals surface area contributed by atoms with Crippen molar-refractivity contribution in [2.45, 2.75) is 50.8 Å². The van der Waals surface area contributed by atoms with Crippen LogP contribution in [0.1, 0.15) is 42.7 Å². The molecule has 1 aliphatic heterocycles. The van der Waals surface area contributed by atoms with E-state index in [-0.39, 0.29) is 18.0 Å². The molecule has 208 valence electrons. The zero-order valence-corrected chi connectivity index (χ0v) is 23.6. The number of carbonyl (C=O) groups is 2. The molecule has 2 aliphatic rings. The van der Waals surface area contributed by atoms with E-state index in [0.29, 0.717) is 38.2 Å². The molecule has 0 spiro atoms. The van der Waals surface area contributed by atoms with Crippen molar-refractivity contribution in [1.82, 2.24) is 15.5 Å². The highest BCUT2D eigenvalue weighted by Crippen LogP contribution is 2.43. The number of nitrogens with one attached hydrogen (secondary N) is 3. The summed E-state index contributed by atoms with van der Waals surface area (Å²) < 4.78 is 37.2. The van der Waals surface area contributed by atoms with E-state index in [9.17, 15) is 18.0 Å². The molecule has 0 radical (unpaired) electrons. The first-order chi connectivity index (χ1) is 18.2. The van der Waals surface area contributed by atoms with Gasteiger partial charge in [0.25, 0.3) is 5.91 Å². The van der Waals surface area contributed by atoms with E-state index >= 15 is 0 Å². The van der Waals surface area contributed by atoms with Crippen molar-refractivity contribution in [1.29, 1.82) is 0 Å². The maximum atomic E-state index is 13.5. The molecule has 1 saturated carbocycles. The first kappa shape index (κ1) is 28.3. The minimum absolute atomic E-state index is 0.00474. The van der Waals surface area contributed by atoms with Gasteiger partial charge in [-0.1, -0.05) is 18.2 Å². The molecule has 3 N–H and O–H groups in total. The molecular weight excluding hydrogens is 528 g/mol. The maximum Gasteiger partial charge on any atom is 0.406 e. The Morgan fingerprint density at radius 3 is 2.71 bits per heavy atom. The first-order valence-corrected chi connectivity index (χ1v) is 15.5. The lowest BCUT2D eigenvalue weighted by Crippen LogP contribution is -2.50. The largest absolute Gasteiger partial charge is 0.453 e. The molecule has 0 unspecified atom stereocenters. The van der Waals surface area contributed by atoms with E-state index in [1.165, 1.54) is 7.11 Å². The van der Waals surface area contributed by atoms with Crippen LogP contribution in [0.25, 0.3) is 10.4 Å². The van der Waals surface area contributed by atoms with Crippen LogP contribution in [-0.2, 0) is 30.7 Å². The number of ether oxygens (including phenoxy) is 2. The van der Waals surface area contributed by atoms with E-state index in [1.54, 1.807) is 23.5 Å². The SMILES string of the molecule is COC(=O)NCCCc1cc([C@@H](C)N(C(=O)[C@H]2CNCCO2)C2CC2)sc1-c1ccccc1NS(C)(=O)=O. The molecule has 4 rings (SSSR count). The quantitative estimate of drug-likeness (QED) is 0.358. The number of hydrogen-bond acceptors (Lipinski definition) is 8.